The topological polar surface area (TPSA) is 72.5 Å². The maximum Gasteiger partial charge on any atom is 0.321 e. The molecule has 0 aromatic heterocycles. The monoisotopic (exact) mass is 375 g/mol. The molecular formula is C15H12ClF2NO4S. The molecule has 0 saturated heterocycles. The van der Waals surface area contributed by atoms with E-state index in [1.807, 2.05) is 4.72 Å². The van der Waals surface area contributed by atoms with Gasteiger partial charge in [-0.05, 0) is 36.4 Å². The van der Waals surface area contributed by atoms with Crippen molar-refractivity contribution in [2.75, 3.05) is 6.54 Å². The predicted molar refractivity (Wildman–Crippen MR) is 82.8 cm³/mol. The molecular weight excluding hydrogens is 364 g/mol. The van der Waals surface area contributed by atoms with E-state index in [-0.39, 0.29) is 15.5 Å². The molecule has 0 heterocycles. The van der Waals surface area contributed by atoms with Crippen LogP contribution in [0.5, 0.6) is 0 Å². The molecule has 0 fully saturated rings. The van der Waals surface area contributed by atoms with Gasteiger partial charge in [-0.2, -0.15) is 4.72 Å². The highest BCUT2D eigenvalue weighted by atomic mass is 35.5. The van der Waals surface area contributed by atoms with Crippen LogP contribution in [-0.2, 0) is 26.2 Å². The lowest BCUT2D eigenvalue weighted by Gasteiger charge is -2.09. The van der Waals surface area contributed by atoms with Crippen molar-refractivity contribution in [1.82, 2.24) is 4.72 Å². The summed E-state index contributed by atoms with van der Waals surface area (Å²) in [7, 11) is -3.99. The van der Waals surface area contributed by atoms with E-state index in [2.05, 4.69) is 0 Å². The summed E-state index contributed by atoms with van der Waals surface area (Å²) < 4.78 is 56.9. The molecule has 0 aliphatic carbocycles. The maximum absolute atomic E-state index is 13.5. The minimum absolute atomic E-state index is 0.00564. The third kappa shape index (κ3) is 4.73. The molecule has 9 heteroatoms. The molecule has 0 saturated carbocycles. The molecule has 24 heavy (non-hydrogen) atoms. The molecule has 0 bridgehead atoms. The zero-order valence-corrected chi connectivity index (χ0v) is 13.7. The van der Waals surface area contributed by atoms with E-state index in [1.54, 1.807) is 0 Å². The maximum atomic E-state index is 13.5. The van der Waals surface area contributed by atoms with Crippen molar-refractivity contribution in [3.8, 4) is 0 Å². The lowest BCUT2D eigenvalue weighted by atomic mass is 10.2. The first kappa shape index (κ1) is 18.3. The Morgan fingerprint density at radius 1 is 1.12 bits per heavy atom. The number of esters is 1. The molecule has 128 valence electrons. The van der Waals surface area contributed by atoms with E-state index >= 15 is 0 Å². The van der Waals surface area contributed by atoms with Gasteiger partial charge in [0.1, 0.15) is 24.8 Å². The summed E-state index contributed by atoms with van der Waals surface area (Å²) in [6, 6.07) is 8.07. The molecule has 0 spiro atoms. The van der Waals surface area contributed by atoms with Gasteiger partial charge in [0.25, 0.3) is 0 Å². The SMILES string of the molecule is O=C(CNS(=O)(=O)c1ccc(F)cc1)OCc1c(F)cccc1Cl. The first-order valence-electron chi connectivity index (χ1n) is 6.63. The van der Waals surface area contributed by atoms with Crippen LogP contribution < -0.4 is 4.72 Å². The smallest absolute Gasteiger partial charge is 0.321 e. The first-order chi connectivity index (χ1) is 11.3. The molecule has 2 aromatic carbocycles. The van der Waals surface area contributed by atoms with Crippen LogP contribution in [0.1, 0.15) is 5.56 Å². The Bertz CT molecular complexity index is 821. The van der Waals surface area contributed by atoms with E-state index in [0.717, 1.165) is 30.3 Å². The highest BCUT2D eigenvalue weighted by molar-refractivity contribution is 7.89. The van der Waals surface area contributed by atoms with Crippen LogP contribution in [0.4, 0.5) is 8.78 Å². The first-order valence-corrected chi connectivity index (χ1v) is 8.49. The van der Waals surface area contributed by atoms with Crippen LogP contribution in [0.25, 0.3) is 0 Å². The van der Waals surface area contributed by atoms with E-state index in [0.29, 0.717) is 0 Å². The van der Waals surface area contributed by atoms with Crippen LogP contribution in [0.2, 0.25) is 5.02 Å². The Morgan fingerprint density at radius 3 is 2.42 bits per heavy atom. The van der Waals surface area contributed by atoms with E-state index in [1.165, 1.54) is 12.1 Å². The number of carbonyl (C=O) groups is 1. The van der Waals surface area contributed by atoms with Crippen molar-refractivity contribution in [3.63, 3.8) is 0 Å². The molecule has 2 rings (SSSR count). The lowest BCUT2D eigenvalue weighted by molar-refractivity contribution is -0.143. The van der Waals surface area contributed by atoms with Gasteiger partial charge in [-0.15, -0.1) is 0 Å². The second kappa shape index (κ2) is 7.69. The summed E-state index contributed by atoms with van der Waals surface area (Å²) in [5.41, 5.74) is -0.00564. The largest absolute Gasteiger partial charge is 0.460 e. The number of rotatable bonds is 6. The highest BCUT2D eigenvalue weighted by Crippen LogP contribution is 2.19. The van der Waals surface area contributed by atoms with Crippen LogP contribution in [0, 0.1) is 11.6 Å². The third-order valence-corrected chi connectivity index (χ3v) is 4.74. The minimum Gasteiger partial charge on any atom is -0.460 e. The summed E-state index contributed by atoms with van der Waals surface area (Å²) >= 11 is 5.78. The number of halogens is 3. The Hall–Kier alpha value is -2.03. The lowest BCUT2D eigenvalue weighted by Crippen LogP contribution is -2.30. The summed E-state index contributed by atoms with van der Waals surface area (Å²) in [6.07, 6.45) is 0. The van der Waals surface area contributed by atoms with Gasteiger partial charge in [0.05, 0.1) is 9.92 Å². The number of hydrogen-bond donors (Lipinski definition) is 1. The van der Waals surface area contributed by atoms with Crippen molar-refractivity contribution in [3.05, 3.63) is 64.7 Å². The Labute approximate surface area is 142 Å². The zero-order valence-electron chi connectivity index (χ0n) is 12.1. The molecule has 0 atom stereocenters. The standard InChI is InChI=1S/C15H12ClF2NO4S/c16-13-2-1-3-14(18)12(13)9-23-15(20)8-19-24(21,22)11-6-4-10(17)5-7-11/h1-7,19H,8-9H2. The van der Waals surface area contributed by atoms with Gasteiger partial charge in [-0.1, -0.05) is 17.7 Å². The number of hydrogen-bond acceptors (Lipinski definition) is 4. The second-order valence-electron chi connectivity index (χ2n) is 4.64. The summed E-state index contributed by atoms with van der Waals surface area (Å²) in [6.45, 7) is -1.09. The third-order valence-electron chi connectivity index (χ3n) is 2.97. The van der Waals surface area contributed by atoms with Gasteiger partial charge in [0.2, 0.25) is 10.0 Å². The molecule has 5 nitrogen and oxygen atoms in total. The van der Waals surface area contributed by atoms with E-state index in [4.69, 9.17) is 16.3 Å². The summed E-state index contributed by atoms with van der Waals surface area (Å²) in [5, 5.41) is 0.0923. The van der Waals surface area contributed by atoms with Crippen molar-refractivity contribution < 1.29 is 26.7 Å². The number of nitrogens with one attached hydrogen (secondary N) is 1. The van der Waals surface area contributed by atoms with Gasteiger partial charge in [-0.3, -0.25) is 4.79 Å². The fourth-order valence-electron chi connectivity index (χ4n) is 1.72. The molecule has 0 unspecified atom stereocenters. The fraction of sp³-hybridized carbons (Fsp3) is 0.133. The Morgan fingerprint density at radius 2 is 1.79 bits per heavy atom. The normalized spacial score (nSPS) is 11.3. The summed E-state index contributed by atoms with van der Waals surface area (Å²) in [5.74, 6) is -2.14. The molecule has 1 N–H and O–H groups in total. The number of carbonyl (C=O) groups excluding carboxylic acids is 1. The predicted octanol–water partition coefficient (Wildman–Crippen LogP) is 2.64. The van der Waals surface area contributed by atoms with Crippen molar-refractivity contribution in [2.45, 2.75) is 11.5 Å². The van der Waals surface area contributed by atoms with Gasteiger partial charge in [-0.25, -0.2) is 17.2 Å². The Kier molecular flexibility index (Phi) is 5.87. The van der Waals surface area contributed by atoms with Gasteiger partial charge >= 0.3 is 5.97 Å². The minimum atomic E-state index is -3.99. The number of sulfonamides is 1. The van der Waals surface area contributed by atoms with Gasteiger partial charge < -0.3 is 4.74 Å². The zero-order chi connectivity index (χ0) is 17.7. The summed E-state index contributed by atoms with van der Waals surface area (Å²) in [4.78, 5) is 11.4. The quantitative estimate of drug-likeness (QED) is 0.788. The number of benzene rings is 2. The van der Waals surface area contributed by atoms with Crippen LogP contribution in [-0.4, -0.2) is 20.9 Å². The molecule has 0 aliphatic rings. The molecule has 2 aromatic rings. The van der Waals surface area contributed by atoms with Crippen molar-refractivity contribution >= 4 is 27.6 Å². The van der Waals surface area contributed by atoms with Crippen LogP contribution in [0.3, 0.4) is 0 Å². The average Bonchev–Trinajstić information content (AvgIpc) is 2.53. The van der Waals surface area contributed by atoms with Crippen LogP contribution in [0.15, 0.2) is 47.4 Å². The van der Waals surface area contributed by atoms with Crippen molar-refractivity contribution in [2.24, 2.45) is 0 Å². The Balaban J connectivity index is 1.92. The van der Waals surface area contributed by atoms with Gasteiger partial charge in [0, 0.05) is 5.56 Å². The van der Waals surface area contributed by atoms with E-state index in [9.17, 15) is 22.0 Å². The molecule has 0 amide bonds. The van der Waals surface area contributed by atoms with Crippen molar-refractivity contribution in [1.29, 1.82) is 0 Å². The van der Waals surface area contributed by atoms with Crippen LogP contribution >= 0.6 is 11.6 Å². The fourth-order valence-corrected chi connectivity index (χ4v) is 2.91. The number of ether oxygens (including phenoxy) is 1. The molecule has 0 aliphatic heterocycles. The van der Waals surface area contributed by atoms with Gasteiger partial charge in [0.15, 0.2) is 0 Å². The molecule has 0 radical (unpaired) electrons. The highest BCUT2D eigenvalue weighted by Gasteiger charge is 2.17. The average molecular weight is 376 g/mol. The second-order valence-corrected chi connectivity index (χ2v) is 6.81. The van der Waals surface area contributed by atoms with E-state index < -0.39 is 40.8 Å².